The average Bonchev–Trinajstić information content (AvgIpc) is 3.25. The number of fused-ring (bicyclic) bond motifs is 4. The van der Waals surface area contributed by atoms with Gasteiger partial charge in [0.15, 0.2) is 12.8 Å². The third-order valence-electron chi connectivity index (χ3n) is 4.68. The number of allylic oxidation sites excluding steroid dienone is 2. The first-order chi connectivity index (χ1) is 14.4. The Bertz CT molecular complexity index is 1390. The summed E-state index contributed by atoms with van der Waals surface area (Å²) in [6.45, 7) is 2.85. The standard InChI is InChI=1S/C20H13N2O.C5H8O2.Ir/c1-21-13-22(18-8-4-3-7-17(18)21)14-10-11-16-15-6-2-5-9-19(15)23-20(16)12-14;1-4(6)3-5(2)7;/h2-9,11-12H,1H3;3,6H,1-2H3;/q+1;;/b;4-3-;. The molecule has 6 heteroatoms. The van der Waals surface area contributed by atoms with E-state index < -0.39 is 0 Å². The molecule has 0 amide bonds. The van der Waals surface area contributed by atoms with Crippen molar-refractivity contribution in [1.29, 1.82) is 0 Å². The number of aliphatic hydroxyl groups is 1. The minimum absolute atomic E-state index is 0. The van der Waals surface area contributed by atoms with Crippen molar-refractivity contribution >= 4 is 50.8 Å². The van der Waals surface area contributed by atoms with Crippen molar-refractivity contribution in [1.82, 2.24) is 4.58 Å². The molecule has 1 aliphatic rings. The number of carbonyl (C=O) groups excluding carboxylic acids is 1. The van der Waals surface area contributed by atoms with Gasteiger partial charge in [-0.05, 0) is 25.3 Å². The zero-order valence-electron chi connectivity index (χ0n) is 17.3. The molecule has 0 fully saturated rings. The zero-order chi connectivity index (χ0) is 21.3. The minimum Gasteiger partial charge on any atom is -0.512 e. The monoisotopic (exact) mass is 590 g/mol. The summed E-state index contributed by atoms with van der Waals surface area (Å²) in [5.41, 5.74) is 4.93. The Balaban J connectivity index is 0.000000299. The SMILES string of the molecule is CC(=O)/C=C(/C)O.C[N+]1=C=[N+](c2[c-]cc3c(c2)oc2ccccc23)c2ccccc21.[Ir]. The van der Waals surface area contributed by atoms with E-state index >= 15 is 0 Å². The van der Waals surface area contributed by atoms with Crippen LogP contribution >= 0.6 is 0 Å². The van der Waals surface area contributed by atoms with Crippen LogP contribution in [0.5, 0.6) is 0 Å². The van der Waals surface area contributed by atoms with E-state index in [4.69, 9.17) is 9.52 Å². The maximum absolute atomic E-state index is 10.0. The van der Waals surface area contributed by atoms with Crippen molar-refractivity contribution < 1.29 is 39.0 Å². The number of hydrogen-bond acceptors (Lipinski definition) is 3. The van der Waals surface area contributed by atoms with E-state index in [9.17, 15) is 4.79 Å². The summed E-state index contributed by atoms with van der Waals surface area (Å²) in [7, 11) is 2.00. The molecule has 3 aromatic carbocycles. The predicted molar refractivity (Wildman–Crippen MR) is 118 cm³/mol. The van der Waals surface area contributed by atoms with E-state index in [0.29, 0.717) is 0 Å². The summed E-state index contributed by atoms with van der Waals surface area (Å²) in [6, 6.07) is 27.0. The third-order valence-corrected chi connectivity index (χ3v) is 4.68. The summed E-state index contributed by atoms with van der Waals surface area (Å²) < 4.78 is 9.99. The van der Waals surface area contributed by atoms with Gasteiger partial charge in [-0.1, -0.05) is 50.9 Å². The van der Waals surface area contributed by atoms with Gasteiger partial charge in [-0.15, -0.1) is 6.07 Å². The molecule has 0 spiro atoms. The quantitative estimate of drug-likeness (QED) is 0.141. The van der Waals surface area contributed by atoms with Crippen molar-refractivity contribution in [3.8, 4) is 0 Å². The van der Waals surface area contributed by atoms with Gasteiger partial charge in [0.05, 0.1) is 5.76 Å². The molecule has 1 aliphatic heterocycles. The summed E-state index contributed by atoms with van der Waals surface area (Å²) in [5, 5.41) is 10.6. The molecule has 0 atom stereocenters. The van der Waals surface area contributed by atoms with Gasteiger partial charge in [0.2, 0.25) is 0 Å². The summed E-state index contributed by atoms with van der Waals surface area (Å²) in [6.07, 6.45) is 1.17. The first-order valence-corrected chi connectivity index (χ1v) is 9.54. The molecule has 0 saturated heterocycles. The molecule has 0 saturated carbocycles. The molecule has 5 nitrogen and oxygen atoms in total. The third kappa shape index (κ3) is 4.57. The van der Waals surface area contributed by atoms with Crippen LogP contribution in [-0.2, 0) is 24.9 Å². The van der Waals surface area contributed by atoms with E-state index in [2.05, 4.69) is 30.3 Å². The van der Waals surface area contributed by atoms with Crippen molar-refractivity contribution in [3.63, 3.8) is 0 Å². The summed E-state index contributed by atoms with van der Waals surface area (Å²) in [5.74, 6) is -0.0625. The van der Waals surface area contributed by atoms with Crippen LogP contribution in [0.2, 0.25) is 0 Å². The van der Waals surface area contributed by atoms with Crippen molar-refractivity contribution in [2.75, 3.05) is 7.05 Å². The summed E-state index contributed by atoms with van der Waals surface area (Å²) in [4.78, 5) is 10.0. The van der Waals surface area contributed by atoms with Crippen LogP contribution in [0.25, 0.3) is 21.9 Å². The van der Waals surface area contributed by atoms with Gasteiger partial charge in [-0.2, -0.15) is 6.07 Å². The van der Waals surface area contributed by atoms with Gasteiger partial charge >= 0.3 is 6.01 Å². The van der Waals surface area contributed by atoms with Crippen LogP contribution in [0.3, 0.4) is 0 Å². The molecule has 4 aromatic rings. The van der Waals surface area contributed by atoms with Crippen LogP contribution in [-0.4, -0.2) is 28.5 Å². The van der Waals surface area contributed by atoms with Crippen LogP contribution in [0.4, 0.5) is 17.1 Å². The van der Waals surface area contributed by atoms with Gasteiger partial charge in [0.1, 0.15) is 11.3 Å². The number of para-hydroxylation sites is 3. The number of aliphatic hydroxyl groups excluding tert-OH is 1. The number of nitrogens with zero attached hydrogens (tertiary/aromatic N) is 2. The molecule has 1 radical (unpaired) electrons. The van der Waals surface area contributed by atoms with Gasteiger partial charge in [-0.25, -0.2) is 0 Å². The molecule has 31 heavy (non-hydrogen) atoms. The maximum Gasteiger partial charge on any atom is 0.494 e. The molecule has 0 aliphatic carbocycles. The fraction of sp³-hybridized carbons (Fsp3) is 0.120. The molecule has 2 heterocycles. The largest absolute Gasteiger partial charge is 0.512 e. The number of furan rings is 1. The zero-order valence-corrected chi connectivity index (χ0v) is 19.7. The Hall–Kier alpha value is -3.30. The van der Waals surface area contributed by atoms with E-state index in [0.717, 1.165) is 39.0 Å². The number of hydrogen-bond donors (Lipinski definition) is 1. The second-order valence-corrected chi connectivity index (χ2v) is 7.07. The van der Waals surface area contributed by atoms with Crippen molar-refractivity contribution in [3.05, 3.63) is 78.6 Å². The van der Waals surface area contributed by atoms with E-state index in [1.807, 2.05) is 58.7 Å². The van der Waals surface area contributed by atoms with Gasteiger partial charge in [0, 0.05) is 43.9 Å². The normalized spacial score (nSPS) is 12.4. The van der Waals surface area contributed by atoms with Crippen molar-refractivity contribution in [2.45, 2.75) is 13.8 Å². The number of rotatable bonds is 2. The van der Waals surface area contributed by atoms with E-state index in [1.54, 1.807) is 0 Å². The van der Waals surface area contributed by atoms with Gasteiger partial charge in [-0.3, -0.25) is 4.79 Å². The Morgan fingerprint density at radius 3 is 2.39 bits per heavy atom. The number of benzene rings is 3. The second kappa shape index (κ2) is 9.23. The average molecular weight is 590 g/mol. The van der Waals surface area contributed by atoms with Crippen LogP contribution in [0.15, 0.2) is 76.9 Å². The first kappa shape index (κ1) is 22.4. The van der Waals surface area contributed by atoms with Crippen LogP contribution in [0.1, 0.15) is 13.8 Å². The number of ketones is 1. The Morgan fingerprint density at radius 2 is 1.71 bits per heavy atom. The molecular weight excluding hydrogens is 569 g/mol. The fourth-order valence-electron chi connectivity index (χ4n) is 3.45. The molecule has 1 aromatic heterocycles. The predicted octanol–water partition coefficient (Wildman–Crippen LogP) is 5.72. The number of carbonyl (C=O) groups is 1. The molecule has 157 valence electrons. The first-order valence-electron chi connectivity index (χ1n) is 9.54. The molecule has 0 bridgehead atoms. The molecular formula is C25H21IrN2O3+. The molecule has 0 unspecified atom stereocenters. The Kier molecular flexibility index (Phi) is 6.67. The smallest absolute Gasteiger partial charge is 0.494 e. The molecule has 5 rings (SSSR count). The van der Waals surface area contributed by atoms with Crippen LogP contribution < -0.4 is 4.58 Å². The maximum atomic E-state index is 10.0. The van der Waals surface area contributed by atoms with Crippen molar-refractivity contribution in [2.24, 2.45) is 0 Å². The Labute approximate surface area is 193 Å². The molecule has 1 N–H and O–H groups in total. The van der Waals surface area contributed by atoms with E-state index in [-0.39, 0.29) is 31.6 Å². The minimum atomic E-state index is -0.125. The second-order valence-electron chi connectivity index (χ2n) is 7.07. The van der Waals surface area contributed by atoms with Crippen LogP contribution in [0, 0.1) is 6.07 Å². The van der Waals surface area contributed by atoms with Gasteiger partial charge in [0.25, 0.3) is 11.4 Å². The van der Waals surface area contributed by atoms with Gasteiger partial charge < -0.3 is 9.52 Å². The van der Waals surface area contributed by atoms with E-state index in [1.165, 1.54) is 19.9 Å². The fourth-order valence-corrected chi connectivity index (χ4v) is 3.45. The Morgan fingerprint density at radius 1 is 1.03 bits per heavy atom. The summed E-state index contributed by atoms with van der Waals surface area (Å²) >= 11 is 0. The topological polar surface area (TPSA) is 56.5 Å².